The van der Waals surface area contributed by atoms with Gasteiger partial charge < -0.3 is 0 Å². The van der Waals surface area contributed by atoms with Crippen molar-refractivity contribution >= 4 is 10.0 Å². The van der Waals surface area contributed by atoms with Crippen LogP contribution in [0.25, 0.3) is 0 Å². The topological polar surface area (TPSA) is 49.4 Å². The first-order valence-electron chi connectivity index (χ1n) is 9.36. The predicted octanol–water partition coefficient (Wildman–Crippen LogP) is 3.64. The van der Waals surface area contributed by atoms with Gasteiger partial charge >= 0.3 is 0 Å². The van der Waals surface area contributed by atoms with Gasteiger partial charge in [-0.3, -0.25) is 4.90 Å². The highest BCUT2D eigenvalue weighted by atomic mass is 32.2. The Hall–Kier alpha value is -1.69. The smallest absolute Gasteiger partial charge is 0.215 e. The Kier molecular flexibility index (Phi) is 6.46. The van der Waals surface area contributed by atoms with Crippen molar-refractivity contribution in [2.45, 2.75) is 38.0 Å². The summed E-state index contributed by atoms with van der Waals surface area (Å²) in [4.78, 5) is 2.41. The number of benzene rings is 2. The Morgan fingerprint density at radius 1 is 0.962 bits per heavy atom. The van der Waals surface area contributed by atoms with E-state index < -0.39 is 10.0 Å². The summed E-state index contributed by atoms with van der Waals surface area (Å²) in [6.07, 6.45) is 3.62. The zero-order valence-electron chi connectivity index (χ0n) is 15.4. The first-order valence-corrected chi connectivity index (χ1v) is 11.0. The quantitative estimate of drug-likeness (QED) is 0.807. The van der Waals surface area contributed by atoms with Gasteiger partial charge in [0.15, 0.2) is 0 Å². The first-order chi connectivity index (χ1) is 12.6. The minimum atomic E-state index is -3.38. The summed E-state index contributed by atoms with van der Waals surface area (Å²) in [5.74, 6) is 0.0290. The second-order valence-electron chi connectivity index (χ2n) is 7.06. The monoisotopic (exact) mass is 372 g/mol. The van der Waals surface area contributed by atoms with Crippen LogP contribution in [0.3, 0.4) is 0 Å². The van der Waals surface area contributed by atoms with Crippen LogP contribution in [0.2, 0.25) is 0 Å². The summed E-state index contributed by atoms with van der Waals surface area (Å²) < 4.78 is 28.1. The normalized spacial score (nSPS) is 17.1. The van der Waals surface area contributed by atoms with Gasteiger partial charge in [0, 0.05) is 12.6 Å². The van der Waals surface area contributed by atoms with Crippen LogP contribution in [-0.2, 0) is 15.8 Å². The third-order valence-corrected chi connectivity index (χ3v) is 6.42. The third-order valence-electron chi connectivity index (χ3n) is 5.12. The molecule has 0 saturated carbocycles. The maximum absolute atomic E-state index is 12.6. The minimum absolute atomic E-state index is 0.0290. The number of hydrogen-bond donors (Lipinski definition) is 1. The number of rotatable bonds is 7. The van der Waals surface area contributed by atoms with E-state index in [-0.39, 0.29) is 11.8 Å². The van der Waals surface area contributed by atoms with E-state index in [1.54, 1.807) is 0 Å². The summed E-state index contributed by atoms with van der Waals surface area (Å²) in [7, 11) is -3.38. The molecule has 0 amide bonds. The van der Waals surface area contributed by atoms with Crippen LogP contribution in [-0.4, -0.2) is 33.0 Å². The number of nitrogens with zero attached hydrogens (tertiary/aromatic N) is 1. The molecule has 2 aromatic rings. The molecule has 0 aliphatic carbocycles. The van der Waals surface area contributed by atoms with Gasteiger partial charge in [0.1, 0.15) is 0 Å². The van der Waals surface area contributed by atoms with Crippen molar-refractivity contribution in [3.63, 3.8) is 0 Å². The lowest BCUT2D eigenvalue weighted by Crippen LogP contribution is -2.40. The molecule has 140 valence electrons. The highest BCUT2D eigenvalue weighted by Crippen LogP contribution is 2.24. The maximum Gasteiger partial charge on any atom is 0.215 e. The standard InChI is InChI=1S/C21H28N2O2S/c1-18-10-6-7-13-20(18)17-26(24,25)22-16-21(19-11-4-2-5-12-19)23-14-8-3-9-15-23/h2,4-7,10-13,21-22H,3,8-9,14-17H2,1H3. The molecule has 1 fully saturated rings. The van der Waals surface area contributed by atoms with Gasteiger partial charge in [-0.05, 0) is 49.5 Å². The van der Waals surface area contributed by atoms with Gasteiger partial charge in [-0.1, -0.05) is 61.0 Å². The highest BCUT2D eigenvalue weighted by molar-refractivity contribution is 7.88. The summed E-state index contributed by atoms with van der Waals surface area (Å²) in [6, 6.07) is 18.0. The SMILES string of the molecule is Cc1ccccc1CS(=O)(=O)NCC(c1ccccc1)N1CCCCC1. The van der Waals surface area contributed by atoms with Crippen molar-refractivity contribution in [3.05, 3.63) is 71.3 Å². The van der Waals surface area contributed by atoms with Crippen LogP contribution < -0.4 is 4.72 Å². The number of sulfonamides is 1. The molecule has 1 heterocycles. The second kappa shape index (κ2) is 8.80. The molecule has 1 N–H and O–H groups in total. The van der Waals surface area contributed by atoms with Gasteiger partial charge in [-0.2, -0.15) is 0 Å². The van der Waals surface area contributed by atoms with Crippen molar-refractivity contribution < 1.29 is 8.42 Å². The third kappa shape index (κ3) is 5.16. The Morgan fingerprint density at radius 2 is 1.62 bits per heavy atom. The average Bonchev–Trinajstić information content (AvgIpc) is 2.65. The Bertz CT molecular complexity index is 800. The maximum atomic E-state index is 12.6. The second-order valence-corrected chi connectivity index (χ2v) is 8.86. The number of likely N-dealkylation sites (tertiary alicyclic amines) is 1. The van der Waals surface area contributed by atoms with Crippen LogP contribution in [0.1, 0.15) is 42.0 Å². The first kappa shape index (κ1) is 19.1. The molecule has 5 heteroatoms. The Morgan fingerprint density at radius 3 is 2.31 bits per heavy atom. The van der Waals surface area contributed by atoms with Gasteiger partial charge in [-0.25, -0.2) is 13.1 Å². The fourth-order valence-corrected chi connectivity index (χ4v) is 4.84. The fraction of sp³-hybridized carbons (Fsp3) is 0.429. The zero-order chi connectivity index (χ0) is 18.4. The van der Waals surface area contributed by atoms with Gasteiger partial charge in [-0.15, -0.1) is 0 Å². The number of aryl methyl sites for hydroxylation is 1. The summed E-state index contributed by atoms with van der Waals surface area (Å²) in [6.45, 7) is 4.42. The molecule has 26 heavy (non-hydrogen) atoms. The van der Waals surface area contributed by atoms with Gasteiger partial charge in [0.25, 0.3) is 0 Å². The predicted molar refractivity (Wildman–Crippen MR) is 106 cm³/mol. The summed E-state index contributed by atoms with van der Waals surface area (Å²) >= 11 is 0. The molecule has 0 aromatic heterocycles. The van der Waals surface area contributed by atoms with Crippen molar-refractivity contribution in [2.75, 3.05) is 19.6 Å². The molecule has 1 aliphatic heterocycles. The summed E-state index contributed by atoms with van der Waals surface area (Å²) in [5, 5.41) is 0. The van der Waals surface area contributed by atoms with Crippen molar-refractivity contribution in [2.24, 2.45) is 0 Å². The molecule has 3 rings (SSSR count). The summed E-state index contributed by atoms with van der Waals surface area (Å²) in [5.41, 5.74) is 3.04. The lowest BCUT2D eigenvalue weighted by molar-refractivity contribution is 0.164. The van der Waals surface area contributed by atoms with E-state index in [2.05, 4.69) is 21.8 Å². The van der Waals surface area contributed by atoms with Crippen LogP contribution in [0, 0.1) is 6.92 Å². The lowest BCUT2D eigenvalue weighted by Gasteiger charge is -2.35. The zero-order valence-corrected chi connectivity index (χ0v) is 16.2. The largest absolute Gasteiger partial charge is 0.295 e. The van der Waals surface area contributed by atoms with E-state index in [1.165, 1.54) is 24.8 Å². The number of piperidine rings is 1. The molecule has 2 aromatic carbocycles. The minimum Gasteiger partial charge on any atom is -0.295 e. The Labute approximate surface area is 157 Å². The van der Waals surface area contributed by atoms with E-state index in [9.17, 15) is 8.42 Å². The molecule has 1 atom stereocenters. The number of nitrogens with one attached hydrogen (secondary N) is 1. The molecule has 1 saturated heterocycles. The molecule has 1 unspecified atom stereocenters. The van der Waals surface area contributed by atoms with E-state index in [0.717, 1.165) is 24.2 Å². The van der Waals surface area contributed by atoms with E-state index in [4.69, 9.17) is 0 Å². The van der Waals surface area contributed by atoms with Gasteiger partial charge in [0.05, 0.1) is 5.75 Å². The fourth-order valence-electron chi connectivity index (χ4n) is 3.60. The molecule has 0 spiro atoms. The Balaban J connectivity index is 1.71. The molecular formula is C21H28N2O2S. The molecule has 0 bridgehead atoms. The molecule has 1 aliphatic rings. The van der Waals surface area contributed by atoms with Crippen molar-refractivity contribution in [1.29, 1.82) is 0 Å². The molecular weight excluding hydrogens is 344 g/mol. The molecule has 0 radical (unpaired) electrons. The van der Waals surface area contributed by atoms with Crippen LogP contribution in [0.15, 0.2) is 54.6 Å². The highest BCUT2D eigenvalue weighted by Gasteiger charge is 2.24. The van der Waals surface area contributed by atoms with Crippen LogP contribution in [0.4, 0.5) is 0 Å². The molecule has 4 nitrogen and oxygen atoms in total. The van der Waals surface area contributed by atoms with Crippen LogP contribution >= 0.6 is 0 Å². The van der Waals surface area contributed by atoms with E-state index in [0.29, 0.717) is 6.54 Å². The van der Waals surface area contributed by atoms with Gasteiger partial charge in [0.2, 0.25) is 10.0 Å². The van der Waals surface area contributed by atoms with Crippen molar-refractivity contribution in [3.8, 4) is 0 Å². The lowest BCUT2D eigenvalue weighted by atomic mass is 10.0. The van der Waals surface area contributed by atoms with Crippen LogP contribution in [0.5, 0.6) is 0 Å². The number of hydrogen-bond acceptors (Lipinski definition) is 3. The van der Waals surface area contributed by atoms with Crippen molar-refractivity contribution in [1.82, 2.24) is 9.62 Å². The van der Waals surface area contributed by atoms with E-state index >= 15 is 0 Å². The van der Waals surface area contributed by atoms with E-state index in [1.807, 2.05) is 49.4 Å². The average molecular weight is 373 g/mol.